The first-order valence-corrected chi connectivity index (χ1v) is 6.91. The number of hydrogen-bond acceptors (Lipinski definition) is 3. The molecule has 1 aromatic carbocycles. The zero-order valence-corrected chi connectivity index (χ0v) is 12.2. The van der Waals surface area contributed by atoms with E-state index in [0.29, 0.717) is 17.5 Å². The molecule has 0 amide bonds. The van der Waals surface area contributed by atoms with E-state index in [9.17, 15) is 9.59 Å². The average Bonchev–Trinajstić information content (AvgIpc) is 2.53. The molecule has 0 saturated heterocycles. The number of nitrogens with zero attached hydrogens (tertiary/aromatic N) is 2. The van der Waals surface area contributed by atoms with Gasteiger partial charge in [0.1, 0.15) is 5.65 Å². The minimum Gasteiger partial charge on any atom is -0.291 e. The first-order chi connectivity index (χ1) is 10.6. The molecule has 110 valence electrons. The third kappa shape index (κ3) is 2.26. The molecule has 1 N–H and O–H groups in total. The minimum atomic E-state index is -0.472. The van der Waals surface area contributed by atoms with Crippen LogP contribution in [-0.4, -0.2) is 14.5 Å². The quantitative estimate of drug-likeness (QED) is 0.751. The highest BCUT2D eigenvalue weighted by atomic mass is 16.2. The molecular formula is C17H15N3O2. The molecule has 0 fully saturated rings. The van der Waals surface area contributed by atoms with Crippen molar-refractivity contribution in [2.24, 2.45) is 7.05 Å². The van der Waals surface area contributed by atoms with Crippen LogP contribution in [0.5, 0.6) is 0 Å². The van der Waals surface area contributed by atoms with Crippen LogP contribution >= 0.6 is 0 Å². The van der Waals surface area contributed by atoms with Gasteiger partial charge in [-0.15, -0.1) is 6.58 Å². The summed E-state index contributed by atoms with van der Waals surface area (Å²) in [5.41, 5.74) is 1.91. The summed E-state index contributed by atoms with van der Waals surface area (Å²) in [4.78, 5) is 31.4. The van der Waals surface area contributed by atoms with Gasteiger partial charge in [0.25, 0.3) is 5.56 Å². The van der Waals surface area contributed by atoms with Crippen LogP contribution in [0, 0.1) is 0 Å². The number of hydrogen-bond donors (Lipinski definition) is 1. The Labute approximate surface area is 126 Å². The second-order valence-electron chi connectivity index (χ2n) is 5.04. The van der Waals surface area contributed by atoms with E-state index in [2.05, 4.69) is 16.5 Å². The SMILES string of the molecule is C=CCc1cc(-c2ccccc2)c2c(=O)n(C)c(=O)[nH]c2n1. The van der Waals surface area contributed by atoms with Gasteiger partial charge in [-0.3, -0.25) is 14.3 Å². The Morgan fingerprint density at radius 1 is 1.27 bits per heavy atom. The number of fused-ring (bicyclic) bond motifs is 1. The van der Waals surface area contributed by atoms with Crippen molar-refractivity contribution >= 4 is 11.0 Å². The predicted molar refractivity (Wildman–Crippen MR) is 86.9 cm³/mol. The molecule has 0 atom stereocenters. The summed E-state index contributed by atoms with van der Waals surface area (Å²) in [5, 5.41) is 0.418. The van der Waals surface area contributed by atoms with Crippen LogP contribution < -0.4 is 11.2 Å². The fourth-order valence-electron chi connectivity index (χ4n) is 2.45. The monoisotopic (exact) mass is 293 g/mol. The minimum absolute atomic E-state index is 0.311. The first-order valence-electron chi connectivity index (χ1n) is 6.91. The van der Waals surface area contributed by atoms with Gasteiger partial charge in [0.2, 0.25) is 0 Å². The Bertz CT molecular complexity index is 969. The van der Waals surface area contributed by atoms with Gasteiger partial charge in [-0.05, 0) is 17.2 Å². The summed E-state index contributed by atoms with van der Waals surface area (Å²) in [6.45, 7) is 3.71. The number of allylic oxidation sites excluding steroid dienone is 1. The van der Waals surface area contributed by atoms with Gasteiger partial charge in [0, 0.05) is 19.2 Å². The lowest BCUT2D eigenvalue weighted by molar-refractivity contribution is 0.790. The van der Waals surface area contributed by atoms with Crippen molar-refractivity contribution in [1.29, 1.82) is 0 Å². The number of aromatic nitrogens is 3. The standard InChI is InChI=1S/C17H15N3O2/c1-3-7-12-10-13(11-8-5-4-6-9-11)14-15(18-12)19-17(22)20(2)16(14)21/h3-6,8-10H,1,7H2,2H3,(H,18,19,22). The smallest absolute Gasteiger partial charge is 0.291 e. The Morgan fingerprint density at radius 3 is 2.68 bits per heavy atom. The molecule has 2 aromatic heterocycles. The van der Waals surface area contributed by atoms with Crippen LogP contribution in [0.2, 0.25) is 0 Å². The van der Waals surface area contributed by atoms with Crippen LogP contribution in [0.25, 0.3) is 22.2 Å². The van der Waals surface area contributed by atoms with Crippen molar-refractivity contribution in [3.63, 3.8) is 0 Å². The molecule has 0 aliphatic carbocycles. The van der Waals surface area contributed by atoms with E-state index in [-0.39, 0.29) is 5.56 Å². The Hall–Kier alpha value is -2.95. The highest BCUT2D eigenvalue weighted by molar-refractivity contribution is 5.92. The van der Waals surface area contributed by atoms with Crippen molar-refractivity contribution in [3.05, 3.63) is 75.6 Å². The number of H-pyrrole nitrogens is 1. The highest BCUT2D eigenvalue weighted by Crippen LogP contribution is 2.25. The van der Waals surface area contributed by atoms with Gasteiger partial charge < -0.3 is 0 Å². The molecule has 0 radical (unpaired) electrons. The first kappa shape index (κ1) is 14.0. The number of pyridine rings is 1. The van der Waals surface area contributed by atoms with Crippen molar-refractivity contribution in [2.45, 2.75) is 6.42 Å². The van der Waals surface area contributed by atoms with Gasteiger partial charge in [0.15, 0.2) is 0 Å². The average molecular weight is 293 g/mol. The second-order valence-corrected chi connectivity index (χ2v) is 5.04. The molecule has 3 rings (SSSR count). The van der Waals surface area contributed by atoms with Gasteiger partial charge in [-0.2, -0.15) is 0 Å². The van der Waals surface area contributed by atoms with E-state index in [1.54, 1.807) is 6.08 Å². The number of nitrogens with one attached hydrogen (secondary N) is 1. The largest absolute Gasteiger partial charge is 0.329 e. The fourth-order valence-corrected chi connectivity index (χ4v) is 2.45. The number of rotatable bonds is 3. The molecule has 0 saturated carbocycles. The summed E-state index contributed by atoms with van der Waals surface area (Å²) in [5.74, 6) is 0. The van der Waals surface area contributed by atoms with Crippen molar-refractivity contribution in [2.75, 3.05) is 0 Å². The lowest BCUT2D eigenvalue weighted by Gasteiger charge is -2.09. The molecule has 0 aliphatic heterocycles. The van der Waals surface area contributed by atoms with Crippen LogP contribution in [-0.2, 0) is 13.5 Å². The third-order valence-electron chi connectivity index (χ3n) is 3.56. The Balaban J connectivity index is 2.47. The zero-order chi connectivity index (χ0) is 15.7. The van der Waals surface area contributed by atoms with Gasteiger partial charge in [-0.1, -0.05) is 36.4 Å². The van der Waals surface area contributed by atoms with E-state index in [1.807, 2.05) is 36.4 Å². The van der Waals surface area contributed by atoms with Crippen LogP contribution in [0.4, 0.5) is 0 Å². The topological polar surface area (TPSA) is 67.8 Å². The van der Waals surface area contributed by atoms with E-state index >= 15 is 0 Å². The van der Waals surface area contributed by atoms with Gasteiger partial charge >= 0.3 is 5.69 Å². The number of aromatic amines is 1. The summed E-state index contributed by atoms with van der Waals surface area (Å²) < 4.78 is 1.06. The maximum absolute atomic E-state index is 12.5. The lowest BCUT2D eigenvalue weighted by atomic mass is 10.0. The molecule has 0 spiro atoms. The molecule has 0 aliphatic rings. The molecule has 2 heterocycles. The normalized spacial score (nSPS) is 10.8. The summed E-state index contributed by atoms with van der Waals surface area (Å²) in [7, 11) is 1.45. The predicted octanol–water partition coefficient (Wildman–Crippen LogP) is 2.02. The van der Waals surface area contributed by atoms with E-state index in [4.69, 9.17) is 0 Å². The van der Waals surface area contributed by atoms with Crippen LogP contribution in [0.15, 0.2) is 58.6 Å². The maximum atomic E-state index is 12.5. The van der Waals surface area contributed by atoms with Gasteiger partial charge in [-0.25, -0.2) is 9.78 Å². The van der Waals surface area contributed by atoms with E-state index in [1.165, 1.54) is 7.05 Å². The van der Waals surface area contributed by atoms with E-state index in [0.717, 1.165) is 21.4 Å². The molecular weight excluding hydrogens is 278 g/mol. The second kappa shape index (κ2) is 5.44. The Kier molecular flexibility index (Phi) is 3.47. The summed E-state index contributed by atoms with van der Waals surface area (Å²) in [6.07, 6.45) is 2.30. The number of benzene rings is 1. The van der Waals surface area contributed by atoms with Crippen molar-refractivity contribution in [3.8, 4) is 11.1 Å². The van der Waals surface area contributed by atoms with Crippen LogP contribution in [0.1, 0.15) is 5.69 Å². The van der Waals surface area contributed by atoms with Crippen molar-refractivity contribution < 1.29 is 0 Å². The maximum Gasteiger partial charge on any atom is 0.329 e. The molecule has 3 aromatic rings. The zero-order valence-electron chi connectivity index (χ0n) is 12.2. The summed E-state index contributed by atoms with van der Waals surface area (Å²) >= 11 is 0. The summed E-state index contributed by atoms with van der Waals surface area (Å²) in [6, 6.07) is 11.5. The molecule has 0 unspecified atom stereocenters. The fraction of sp³-hybridized carbons (Fsp3) is 0.118. The molecule has 0 bridgehead atoms. The molecule has 5 nitrogen and oxygen atoms in total. The molecule has 22 heavy (non-hydrogen) atoms. The third-order valence-corrected chi connectivity index (χ3v) is 3.56. The Morgan fingerprint density at radius 2 is 2.00 bits per heavy atom. The van der Waals surface area contributed by atoms with Crippen molar-refractivity contribution in [1.82, 2.24) is 14.5 Å². The lowest BCUT2D eigenvalue weighted by Crippen LogP contribution is -2.33. The highest BCUT2D eigenvalue weighted by Gasteiger charge is 2.13. The van der Waals surface area contributed by atoms with E-state index < -0.39 is 5.69 Å². The van der Waals surface area contributed by atoms with Crippen LogP contribution in [0.3, 0.4) is 0 Å². The molecule has 5 heteroatoms. The van der Waals surface area contributed by atoms with Gasteiger partial charge in [0.05, 0.1) is 5.39 Å².